The third-order valence-electron chi connectivity index (χ3n) is 3.93. The van der Waals surface area contributed by atoms with Crippen molar-refractivity contribution < 1.29 is 19.4 Å². The number of rotatable bonds is 4. The smallest absolute Gasteiger partial charge is 0.307 e. The van der Waals surface area contributed by atoms with Crippen molar-refractivity contribution in [3.8, 4) is 0 Å². The van der Waals surface area contributed by atoms with Gasteiger partial charge in [-0.25, -0.2) is 0 Å². The summed E-state index contributed by atoms with van der Waals surface area (Å²) in [5.41, 5.74) is 0. The van der Waals surface area contributed by atoms with E-state index >= 15 is 0 Å². The molecule has 1 heterocycles. The van der Waals surface area contributed by atoms with Crippen molar-refractivity contribution in [2.45, 2.75) is 18.9 Å². The molecule has 1 fully saturated rings. The van der Waals surface area contributed by atoms with Crippen molar-refractivity contribution in [2.24, 2.45) is 11.8 Å². The number of carboxylic acid groups (broad SMARTS) is 1. The van der Waals surface area contributed by atoms with E-state index in [4.69, 9.17) is 9.84 Å². The Kier molecular flexibility index (Phi) is 5.14. The molecule has 3 atom stereocenters. The lowest BCUT2D eigenvalue weighted by Gasteiger charge is -2.31. The molecule has 0 aromatic carbocycles. The Hall–Kier alpha value is -1.40. The van der Waals surface area contributed by atoms with Gasteiger partial charge < -0.3 is 20.1 Å². The zero-order chi connectivity index (χ0) is 14.5. The van der Waals surface area contributed by atoms with Gasteiger partial charge in [0.05, 0.1) is 24.5 Å². The van der Waals surface area contributed by atoms with Crippen LogP contribution in [-0.2, 0) is 14.3 Å². The Bertz CT molecular complexity index is 397. The first-order chi connectivity index (χ1) is 9.58. The van der Waals surface area contributed by atoms with E-state index in [1.54, 1.807) is 0 Å². The summed E-state index contributed by atoms with van der Waals surface area (Å²) in [7, 11) is 2.02. The molecule has 0 aromatic heterocycles. The molecule has 1 amide bonds. The molecule has 1 aliphatic heterocycles. The maximum atomic E-state index is 12.2. The highest BCUT2D eigenvalue weighted by molar-refractivity contribution is 5.85. The zero-order valence-electron chi connectivity index (χ0n) is 11.7. The normalized spacial score (nSPS) is 30.9. The Balaban J connectivity index is 1.84. The first-order valence-corrected chi connectivity index (χ1v) is 7.03. The fourth-order valence-electron chi connectivity index (χ4n) is 2.71. The van der Waals surface area contributed by atoms with Crippen LogP contribution < -0.4 is 5.32 Å². The zero-order valence-corrected chi connectivity index (χ0v) is 11.7. The highest BCUT2D eigenvalue weighted by Gasteiger charge is 2.34. The highest BCUT2D eigenvalue weighted by Crippen LogP contribution is 2.26. The van der Waals surface area contributed by atoms with Gasteiger partial charge in [-0.15, -0.1) is 0 Å². The Morgan fingerprint density at radius 1 is 1.35 bits per heavy atom. The molecule has 6 nitrogen and oxygen atoms in total. The predicted octanol–water partition coefficient (Wildman–Crippen LogP) is 0.100. The van der Waals surface area contributed by atoms with Crippen molar-refractivity contribution in [3.05, 3.63) is 12.2 Å². The van der Waals surface area contributed by atoms with Crippen molar-refractivity contribution in [3.63, 3.8) is 0 Å². The van der Waals surface area contributed by atoms with Crippen LogP contribution in [0.3, 0.4) is 0 Å². The van der Waals surface area contributed by atoms with Gasteiger partial charge in [-0.05, 0) is 19.9 Å². The van der Waals surface area contributed by atoms with Crippen LogP contribution >= 0.6 is 0 Å². The minimum Gasteiger partial charge on any atom is -0.481 e. The van der Waals surface area contributed by atoms with Gasteiger partial charge in [-0.1, -0.05) is 12.2 Å². The largest absolute Gasteiger partial charge is 0.481 e. The number of likely N-dealkylation sites (N-methyl/N-ethyl adjacent to an activating group) is 1. The summed E-state index contributed by atoms with van der Waals surface area (Å²) in [6.45, 7) is 2.79. The van der Waals surface area contributed by atoms with Crippen LogP contribution in [0, 0.1) is 11.8 Å². The number of carbonyl (C=O) groups excluding carboxylic acids is 1. The van der Waals surface area contributed by atoms with Crippen molar-refractivity contribution >= 4 is 11.9 Å². The lowest BCUT2D eigenvalue weighted by Crippen LogP contribution is -2.48. The minimum atomic E-state index is -0.900. The number of ether oxygens (including phenoxy) is 1. The summed E-state index contributed by atoms with van der Waals surface area (Å²) in [6, 6.07) is 0. The Labute approximate surface area is 118 Å². The molecular weight excluding hydrogens is 260 g/mol. The van der Waals surface area contributed by atoms with Crippen molar-refractivity contribution in [1.82, 2.24) is 10.2 Å². The molecule has 1 aliphatic carbocycles. The average molecular weight is 282 g/mol. The predicted molar refractivity (Wildman–Crippen MR) is 73.2 cm³/mol. The van der Waals surface area contributed by atoms with E-state index in [9.17, 15) is 9.59 Å². The monoisotopic (exact) mass is 282 g/mol. The summed E-state index contributed by atoms with van der Waals surface area (Å²) in [6.07, 6.45) is 4.63. The average Bonchev–Trinajstić information content (AvgIpc) is 2.45. The Morgan fingerprint density at radius 2 is 2.05 bits per heavy atom. The summed E-state index contributed by atoms with van der Waals surface area (Å²) < 4.78 is 5.57. The number of hydrogen-bond acceptors (Lipinski definition) is 4. The quantitative estimate of drug-likeness (QED) is 0.715. The number of amides is 1. The van der Waals surface area contributed by atoms with Crippen LogP contribution in [0.25, 0.3) is 0 Å². The summed E-state index contributed by atoms with van der Waals surface area (Å²) >= 11 is 0. The number of allylic oxidation sites excluding steroid dienone is 2. The summed E-state index contributed by atoms with van der Waals surface area (Å²) in [4.78, 5) is 25.5. The maximum absolute atomic E-state index is 12.2. The van der Waals surface area contributed by atoms with E-state index in [1.165, 1.54) is 0 Å². The lowest BCUT2D eigenvalue weighted by molar-refractivity contribution is -0.147. The van der Waals surface area contributed by atoms with Gasteiger partial charge in [0.2, 0.25) is 5.91 Å². The van der Waals surface area contributed by atoms with E-state index in [1.807, 2.05) is 19.2 Å². The third kappa shape index (κ3) is 3.80. The van der Waals surface area contributed by atoms with Gasteiger partial charge in [-0.2, -0.15) is 0 Å². The molecule has 0 spiro atoms. The van der Waals surface area contributed by atoms with E-state index in [2.05, 4.69) is 10.2 Å². The van der Waals surface area contributed by atoms with E-state index in [0.717, 1.165) is 13.1 Å². The number of morpholine rings is 1. The molecule has 6 heteroatoms. The van der Waals surface area contributed by atoms with Crippen LogP contribution in [0.15, 0.2) is 12.2 Å². The van der Waals surface area contributed by atoms with Gasteiger partial charge >= 0.3 is 5.97 Å². The number of nitrogens with zero attached hydrogens (tertiary/aromatic N) is 1. The van der Waals surface area contributed by atoms with Gasteiger partial charge in [0.25, 0.3) is 0 Å². The molecule has 0 radical (unpaired) electrons. The number of aliphatic carboxylic acids is 1. The Morgan fingerprint density at radius 3 is 2.70 bits per heavy atom. The molecular formula is C14H22N2O4. The topological polar surface area (TPSA) is 78.9 Å². The van der Waals surface area contributed by atoms with E-state index in [0.29, 0.717) is 26.0 Å². The van der Waals surface area contributed by atoms with E-state index in [-0.39, 0.29) is 12.0 Å². The number of carboxylic acids is 1. The fourth-order valence-corrected chi connectivity index (χ4v) is 2.71. The molecule has 0 aromatic rings. The van der Waals surface area contributed by atoms with Crippen molar-refractivity contribution in [2.75, 3.05) is 33.3 Å². The first kappa shape index (κ1) is 15.0. The fraction of sp³-hybridized carbons (Fsp3) is 0.714. The standard InChI is InChI=1S/C14H22N2O4/c1-16-6-7-20-10(9-16)8-15-13(17)11-4-2-3-5-12(11)14(18)19/h2-3,10-12H,4-9H2,1H3,(H,15,17)(H,18,19). The molecule has 112 valence electrons. The SMILES string of the molecule is CN1CCOC(CNC(=O)C2CC=CCC2C(=O)O)C1. The van der Waals surface area contributed by atoms with Crippen LogP contribution in [0.4, 0.5) is 0 Å². The summed E-state index contributed by atoms with van der Waals surface area (Å²) in [5.74, 6) is -2.17. The second-order valence-corrected chi connectivity index (χ2v) is 5.49. The van der Waals surface area contributed by atoms with E-state index < -0.39 is 17.8 Å². The van der Waals surface area contributed by atoms with Crippen LogP contribution in [0.2, 0.25) is 0 Å². The number of hydrogen-bond donors (Lipinski definition) is 2. The first-order valence-electron chi connectivity index (χ1n) is 7.03. The van der Waals surface area contributed by atoms with Gasteiger partial charge in [0.15, 0.2) is 0 Å². The number of carbonyl (C=O) groups is 2. The summed E-state index contributed by atoms with van der Waals surface area (Å²) in [5, 5.41) is 12.0. The molecule has 20 heavy (non-hydrogen) atoms. The number of nitrogens with one attached hydrogen (secondary N) is 1. The molecule has 0 saturated carbocycles. The van der Waals surface area contributed by atoms with Crippen LogP contribution in [0.5, 0.6) is 0 Å². The molecule has 2 rings (SSSR count). The molecule has 2 N–H and O–H groups in total. The van der Waals surface area contributed by atoms with Crippen LogP contribution in [0.1, 0.15) is 12.8 Å². The van der Waals surface area contributed by atoms with Gasteiger partial charge in [0, 0.05) is 19.6 Å². The molecule has 1 saturated heterocycles. The van der Waals surface area contributed by atoms with Gasteiger partial charge in [0.1, 0.15) is 0 Å². The second-order valence-electron chi connectivity index (χ2n) is 5.49. The van der Waals surface area contributed by atoms with Gasteiger partial charge in [-0.3, -0.25) is 9.59 Å². The maximum Gasteiger partial charge on any atom is 0.307 e. The molecule has 0 bridgehead atoms. The van der Waals surface area contributed by atoms with Crippen molar-refractivity contribution in [1.29, 1.82) is 0 Å². The van der Waals surface area contributed by atoms with Crippen LogP contribution in [-0.4, -0.2) is 61.3 Å². The minimum absolute atomic E-state index is 0.0138. The second kappa shape index (κ2) is 6.85. The molecule has 2 aliphatic rings. The lowest BCUT2D eigenvalue weighted by atomic mass is 9.82. The molecule has 3 unspecified atom stereocenters. The third-order valence-corrected chi connectivity index (χ3v) is 3.93. The highest BCUT2D eigenvalue weighted by atomic mass is 16.5.